The number of nitrogens with zero attached hydrogens (tertiary/aromatic N) is 3. The molecule has 1 aliphatic rings. The molecule has 0 amide bonds. The summed E-state index contributed by atoms with van der Waals surface area (Å²) in [7, 11) is 4.11. The zero-order valence-electron chi connectivity index (χ0n) is 12.4. The maximum Gasteiger partial charge on any atom is 0.128 e. The molecule has 0 bridgehead atoms. The molecule has 19 heavy (non-hydrogen) atoms. The van der Waals surface area contributed by atoms with Gasteiger partial charge >= 0.3 is 0 Å². The Morgan fingerprint density at radius 2 is 2.32 bits per heavy atom. The molecule has 4 heteroatoms. The van der Waals surface area contributed by atoms with Crippen LogP contribution >= 0.6 is 0 Å². The van der Waals surface area contributed by atoms with Crippen LogP contribution in [-0.4, -0.2) is 50.2 Å². The molecule has 2 heterocycles. The highest BCUT2D eigenvalue weighted by molar-refractivity contribution is 5.37. The van der Waals surface area contributed by atoms with Gasteiger partial charge in [-0.1, -0.05) is 6.07 Å². The Morgan fingerprint density at radius 1 is 1.47 bits per heavy atom. The van der Waals surface area contributed by atoms with Crippen LogP contribution in [-0.2, 0) is 6.54 Å². The fourth-order valence-electron chi connectivity index (χ4n) is 2.67. The predicted molar refractivity (Wildman–Crippen MR) is 80.5 cm³/mol. The Bertz CT molecular complexity index is 376. The fourth-order valence-corrected chi connectivity index (χ4v) is 2.67. The van der Waals surface area contributed by atoms with Gasteiger partial charge in [-0.2, -0.15) is 0 Å². The van der Waals surface area contributed by atoms with E-state index in [1.54, 1.807) is 0 Å². The van der Waals surface area contributed by atoms with E-state index in [2.05, 4.69) is 46.2 Å². The molecular weight excluding hydrogens is 236 g/mol. The maximum atomic E-state index is 4.53. The topological polar surface area (TPSA) is 31.4 Å². The summed E-state index contributed by atoms with van der Waals surface area (Å²) >= 11 is 0. The van der Waals surface area contributed by atoms with Crippen molar-refractivity contribution < 1.29 is 0 Å². The Labute approximate surface area is 116 Å². The lowest BCUT2D eigenvalue weighted by molar-refractivity contribution is 0.315. The van der Waals surface area contributed by atoms with Crippen molar-refractivity contribution >= 4 is 5.82 Å². The normalized spacial score (nSPS) is 19.8. The molecule has 0 saturated carbocycles. The second kappa shape index (κ2) is 6.87. The van der Waals surface area contributed by atoms with Crippen molar-refractivity contribution in [2.24, 2.45) is 5.92 Å². The molecule has 0 spiro atoms. The molecular formula is C15H26N4. The third kappa shape index (κ3) is 3.91. The van der Waals surface area contributed by atoms with Crippen LogP contribution in [0.5, 0.6) is 0 Å². The minimum Gasteiger partial charge on any atom is -0.360 e. The molecule has 1 aliphatic heterocycles. The molecule has 2 rings (SSSR count). The van der Waals surface area contributed by atoms with Crippen molar-refractivity contribution in [2.45, 2.75) is 19.9 Å². The predicted octanol–water partition coefficient (Wildman–Crippen LogP) is 1.58. The lowest BCUT2D eigenvalue weighted by Crippen LogP contribution is -2.24. The summed E-state index contributed by atoms with van der Waals surface area (Å²) in [4.78, 5) is 9.22. The van der Waals surface area contributed by atoms with E-state index in [1.165, 1.54) is 25.1 Å². The number of pyridine rings is 1. The van der Waals surface area contributed by atoms with E-state index in [0.717, 1.165) is 31.4 Å². The van der Waals surface area contributed by atoms with Crippen LogP contribution in [0.3, 0.4) is 0 Å². The van der Waals surface area contributed by atoms with Crippen molar-refractivity contribution in [3.63, 3.8) is 0 Å². The first-order chi connectivity index (χ1) is 9.22. The van der Waals surface area contributed by atoms with Crippen molar-refractivity contribution in [3.05, 3.63) is 23.9 Å². The quantitative estimate of drug-likeness (QED) is 0.843. The summed E-state index contributed by atoms with van der Waals surface area (Å²) < 4.78 is 0. The van der Waals surface area contributed by atoms with Gasteiger partial charge in [0, 0.05) is 32.9 Å². The third-order valence-corrected chi connectivity index (χ3v) is 3.94. The van der Waals surface area contributed by atoms with Crippen molar-refractivity contribution in [1.29, 1.82) is 0 Å². The molecule has 1 saturated heterocycles. The van der Waals surface area contributed by atoms with E-state index in [4.69, 9.17) is 0 Å². The van der Waals surface area contributed by atoms with E-state index < -0.39 is 0 Å². The van der Waals surface area contributed by atoms with Gasteiger partial charge in [-0.25, -0.2) is 4.98 Å². The number of aromatic nitrogens is 1. The maximum absolute atomic E-state index is 4.53. The summed E-state index contributed by atoms with van der Waals surface area (Å²) in [6.07, 6.45) is 3.33. The Balaban J connectivity index is 1.86. The van der Waals surface area contributed by atoms with Crippen LogP contribution in [0, 0.1) is 5.92 Å². The van der Waals surface area contributed by atoms with Crippen LogP contribution in [0.15, 0.2) is 18.3 Å². The van der Waals surface area contributed by atoms with Gasteiger partial charge < -0.3 is 10.2 Å². The summed E-state index contributed by atoms with van der Waals surface area (Å²) in [5.74, 6) is 1.86. The zero-order chi connectivity index (χ0) is 13.7. The standard InChI is InChI=1S/C15H26N4/c1-4-18(3)15-6-5-13(10-17-15)11-19-8-7-14(12-19)9-16-2/h5-6,10,14,16H,4,7-9,11-12H2,1-3H3. The number of hydrogen-bond acceptors (Lipinski definition) is 4. The Morgan fingerprint density at radius 3 is 2.95 bits per heavy atom. The molecule has 0 aromatic carbocycles. The summed E-state index contributed by atoms with van der Waals surface area (Å²) in [5, 5.41) is 3.28. The summed E-state index contributed by atoms with van der Waals surface area (Å²) in [6.45, 7) is 7.71. The first kappa shape index (κ1) is 14.3. The summed E-state index contributed by atoms with van der Waals surface area (Å²) in [6, 6.07) is 4.33. The van der Waals surface area contributed by atoms with Gasteiger partial charge in [-0.3, -0.25) is 4.90 Å². The monoisotopic (exact) mass is 262 g/mol. The Kier molecular flexibility index (Phi) is 5.16. The number of anilines is 1. The van der Waals surface area contributed by atoms with Crippen LogP contribution in [0.25, 0.3) is 0 Å². The third-order valence-electron chi connectivity index (χ3n) is 3.94. The van der Waals surface area contributed by atoms with Gasteiger partial charge in [0.2, 0.25) is 0 Å². The molecule has 0 aliphatic carbocycles. The molecule has 1 aromatic heterocycles. The highest BCUT2D eigenvalue weighted by Gasteiger charge is 2.21. The molecule has 1 fully saturated rings. The number of hydrogen-bond donors (Lipinski definition) is 1. The molecule has 1 unspecified atom stereocenters. The minimum absolute atomic E-state index is 0.809. The largest absolute Gasteiger partial charge is 0.360 e. The van der Waals surface area contributed by atoms with Gasteiger partial charge in [0.05, 0.1) is 0 Å². The van der Waals surface area contributed by atoms with Gasteiger partial charge in [-0.15, -0.1) is 0 Å². The second-order valence-electron chi connectivity index (χ2n) is 5.49. The molecule has 1 atom stereocenters. The average Bonchev–Trinajstić information content (AvgIpc) is 2.86. The lowest BCUT2D eigenvalue weighted by Gasteiger charge is -2.18. The molecule has 1 aromatic rings. The lowest BCUT2D eigenvalue weighted by atomic mass is 10.1. The fraction of sp³-hybridized carbons (Fsp3) is 0.667. The number of nitrogens with one attached hydrogen (secondary N) is 1. The van der Waals surface area contributed by atoms with Gasteiger partial charge in [-0.05, 0) is 51.0 Å². The number of rotatable bonds is 6. The van der Waals surface area contributed by atoms with Gasteiger partial charge in [0.15, 0.2) is 0 Å². The molecule has 1 N–H and O–H groups in total. The van der Waals surface area contributed by atoms with E-state index in [9.17, 15) is 0 Å². The van der Waals surface area contributed by atoms with Crippen molar-refractivity contribution in [2.75, 3.05) is 45.2 Å². The minimum atomic E-state index is 0.809. The second-order valence-corrected chi connectivity index (χ2v) is 5.49. The number of likely N-dealkylation sites (tertiary alicyclic amines) is 1. The average molecular weight is 262 g/mol. The van der Waals surface area contributed by atoms with Gasteiger partial charge in [0.1, 0.15) is 5.82 Å². The van der Waals surface area contributed by atoms with Gasteiger partial charge in [0.25, 0.3) is 0 Å². The first-order valence-electron chi connectivity index (χ1n) is 7.26. The SMILES string of the molecule is CCN(C)c1ccc(CN2CCC(CNC)C2)cn1. The molecule has 0 radical (unpaired) electrons. The van der Waals surface area contributed by atoms with Crippen molar-refractivity contribution in [3.8, 4) is 0 Å². The van der Waals surface area contributed by atoms with Crippen molar-refractivity contribution in [1.82, 2.24) is 15.2 Å². The van der Waals surface area contributed by atoms with Crippen LogP contribution in [0.4, 0.5) is 5.82 Å². The highest BCUT2D eigenvalue weighted by Crippen LogP contribution is 2.18. The first-order valence-corrected chi connectivity index (χ1v) is 7.26. The zero-order valence-corrected chi connectivity index (χ0v) is 12.4. The van der Waals surface area contributed by atoms with E-state index in [0.29, 0.717) is 0 Å². The summed E-state index contributed by atoms with van der Waals surface area (Å²) in [5.41, 5.74) is 1.32. The van der Waals surface area contributed by atoms with E-state index in [1.807, 2.05) is 13.2 Å². The van der Waals surface area contributed by atoms with Crippen LogP contribution < -0.4 is 10.2 Å². The van der Waals surface area contributed by atoms with Crippen LogP contribution in [0.2, 0.25) is 0 Å². The molecule has 4 nitrogen and oxygen atoms in total. The highest BCUT2D eigenvalue weighted by atomic mass is 15.2. The van der Waals surface area contributed by atoms with E-state index >= 15 is 0 Å². The van der Waals surface area contributed by atoms with E-state index in [-0.39, 0.29) is 0 Å². The Hall–Kier alpha value is -1.13. The van der Waals surface area contributed by atoms with Crippen LogP contribution in [0.1, 0.15) is 18.9 Å². The molecule has 106 valence electrons. The smallest absolute Gasteiger partial charge is 0.128 e.